The Hall–Kier alpha value is -2.22. The van der Waals surface area contributed by atoms with Crippen LogP contribution in [0.4, 0.5) is 15.8 Å². The zero-order valence-electron chi connectivity index (χ0n) is 10.8. The van der Waals surface area contributed by atoms with Crippen molar-refractivity contribution in [3.63, 3.8) is 0 Å². The zero-order chi connectivity index (χ0) is 14.5. The lowest BCUT2D eigenvalue weighted by molar-refractivity contribution is -0.385. The SMILES string of the molecule is O=C(CNc1cc(F)cc([N+](=O)[O-])c1)N1CCNCC1. The Morgan fingerprint density at radius 2 is 2.10 bits per heavy atom. The maximum Gasteiger partial charge on any atom is 0.274 e. The smallest absolute Gasteiger partial charge is 0.274 e. The summed E-state index contributed by atoms with van der Waals surface area (Å²) in [5.74, 6) is -0.824. The first-order chi connectivity index (χ1) is 9.56. The summed E-state index contributed by atoms with van der Waals surface area (Å²) in [6.45, 7) is 2.74. The second kappa shape index (κ2) is 6.29. The summed E-state index contributed by atoms with van der Waals surface area (Å²) in [5, 5.41) is 16.5. The Labute approximate surface area is 114 Å². The molecule has 0 radical (unpaired) electrons. The van der Waals surface area contributed by atoms with Crippen LogP contribution < -0.4 is 10.6 Å². The fraction of sp³-hybridized carbons (Fsp3) is 0.417. The van der Waals surface area contributed by atoms with E-state index in [1.807, 2.05) is 0 Å². The topological polar surface area (TPSA) is 87.5 Å². The lowest BCUT2D eigenvalue weighted by atomic mass is 10.2. The van der Waals surface area contributed by atoms with Crippen molar-refractivity contribution < 1.29 is 14.1 Å². The van der Waals surface area contributed by atoms with Gasteiger partial charge in [0.05, 0.1) is 17.5 Å². The van der Waals surface area contributed by atoms with Crippen molar-refractivity contribution in [2.24, 2.45) is 0 Å². The number of hydrogen-bond acceptors (Lipinski definition) is 5. The van der Waals surface area contributed by atoms with Crippen LogP contribution in [0, 0.1) is 15.9 Å². The van der Waals surface area contributed by atoms with Gasteiger partial charge < -0.3 is 15.5 Å². The van der Waals surface area contributed by atoms with E-state index in [9.17, 15) is 19.3 Å². The molecule has 108 valence electrons. The van der Waals surface area contributed by atoms with Crippen LogP contribution in [-0.2, 0) is 4.79 Å². The van der Waals surface area contributed by atoms with E-state index in [0.29, 0.717) is 13.1 Å². The van der Waals surface area contributed by atoms with E-state index in [1.54, 1.807) is 4.90 Å². The van der Waals surface area contributed by atoms with Gasteiger partial charge in [-0.3, -0.25) is 14.9 Å². The maximum absolute atomic E-state index is 13.2. The summed E-state index contributed by atoms with van der Waals surface area (Å²) in [7, 11) is 0. The summed E-state index contributed by atoms with van der Waals surface area (Å²) < 4.78 is 13.2. The molecule has 0 saturated carbocycles. The third kappa shape index (κ3) is 3.64. The third-order valence-electron chi connectivity index (χ3n) is 3.01. The monoisotopic (exact) mass is 282 g/mol. The molecule has 2 rings (SSSR count). The average molecular weight is 282 g/mol. The van der Waals surface area contributed by atoms with Gasteiger partial charge >= 0.3 is 0 Å². The van der Waals surface area contributed by atoms with E-state index in [2.05, 4.69) is 10.6 Å². The first-order valence-electron chi connectivity index (χ1n) is 6.23. The summed E-state index contributed by atoms with van der Waals surface area (Å²) >= 11 is 0. The molecule has 20 heavy (non-hydrogen) atoms. The van der Waals surface area contributed by atoms with Gasteiger partial charge in [0.15, 0.2) is 0 Å². The van der Waals surface area contributed by atoms with Gasteiger partial charge in [0.25, 0.3) is 5.69 Å². The third-order valence-corrected chi connectivity index (χ3v) is 3.01. The van der Waals surface area contributed by atoms with Gasteiger partial charge in [-0.15, -0.1) is 0 Å². The van der Waals surface area contributed by atoms with Gasteiger partial charge in [0.2, 0.25) is 5.91 Å². The molecule has 0 spiro atoms. The van der Waals surface area contributed by atoms with Crippen molar-refractivity contribution in [2.45, 2.75) is 0 Å². The number of carbonyl (C=O) groups excluding carboxylic acids is 1. The number of carbonyl (C=O) groups is 1. The van der Waals surface area contributed by atoms with E-state index in [4.69, 9.17) is 0 Å². The molecule has 8 heteroatoms. The summed E-state index contributed by atoms with van der Waals surface area (Å²) in [4.78, 5) is 23.5. The molecule has 1 saturated heterocycles. The second-order valence-electron chi connectivity index (χ2n) is 4.44. The van der Waals surface area contributed by atoms with Gasteiger partial charge in [-0.25, -0.2) is 4.39 Å². The maximum atomic E-state index is 13.2. The van der Waals surface area contributed by atoms with Crippen molar-refractivity contribution in [3.05, 3.63) is 34.1 Å². The number of benzene rings is 1. The normalized spacial score (nSPS) is 14.9. The molecule has 0 atom stereocenters. The molecule has 1 aromatic carbocycles. The minimum Gasteiger partial charge on any atom is -0.376 e. The molecule has 0 bridgehead atoms. The number of nitrogens with zero attached hydrogens (tertiary/aromatic N) is 2. The fourth-order valence-electron chi connectivity index (χ4n) is 1.99. The lowest BCUT2D eigenvalue weighted by Gasteiger charge is -2.27. The molecule has 1 fully saturated rings. The number of nitrogens with one attached hydrogen (secondary N) is 2. The Morgan fingerprint density at radius 3 is 2.75 bits per heavy atom. The van der Waals surface area contributed by atoms with Crippen LogP contribution in [0.1, 0.15) is 0 Å². The van der Waals surface area contributed by atoms with Crippen LogP contribution in [0.2, 0.25) is 0 Å². The molecule has 0 unspecified atom stereocenters. The number of nitro benzene ring substituents is 1. The Kier molecular flexibility index (Phi) is 4.46. The highest BCUT2D eigenvalue weighted by molar-refractivity contribution is 5.81. The van der Waals surface area contributed by atoms with Crippen LogP contribution in [0.3, 0.4) is 0 Å². The largest absolute Gasteiger partial charge is 0.376 e. The van der Waals surface area contributed by atoms with Crippen LogP contribution in [0.5, 0.6) is 0 Å². The van der Waals surface area contributed by atoms with Crippen LogP contribution in [-0.4, -0.2) is 48.5 Å². The minimum absolute atomic E-state index is 0.0133. The Morgan fingerprint density at radius 1 is 1.40 bits per heavy atom. The Bertz CT molecular complexity index is 517. The van der Waals surface area contributed by atoms with Crippen LogP contribution in [0.25, 0.3) is 0 Å². The molecule has 1 aliphatic rings. The summed E-state index contributed by atoms with van der Waals surface area (Å²) in [6.07, 6.45) is 0. The van der Waals surface area contributed by atoms with Crippen molar-refractivity contribution in [3.8, 4) is 0 Å². The van der Waals surface area contributed by atoms with Crippen molar-refractivity contribution in [2.75, 3.05) is 38.0 Å². The van der Waals surface area contributed by atoms with Gasteiger partial charge in [-0.2, -0.15) is 0 Å². The number of amides is 1. The predicted molar refractivity (Wildman–Crippen MR) is 71.0 cm³/mol. The Balaban J connectivity index is 1.96. The molecule has 1 aliphatic heterocycles. The van der Waals surface area contributed by atoms with E-state index >= 15 is 0 Å². The summed E-state index contributed by atoms with van der Waals surface area (Å²) in [5.41, 5.74) is -0.123. The van der Waals surface area contributed by atoms with Crippen molar-refractivity contribution in [1.29, 1.82) is 0 Å². The van der Waals surface area contributed by atoms with Gasteiger partial charge in [0, 0.05) is 37.9 Å². The van der Waals surface area contributed by atoms with Crippen molar-refractivity contribution >= 4 is 17.3 Å². The zero-order valence-corrected chi connectivity index (χ0v) is 10.8. The lowest BCUT2D eigenvalue weighted by Crippen LogP contribution is -2.48. The molecule has 1 heterocycles. The van der Waals surface area contributed by atoms with Gasteiger partial charge in [-0.1, -0.05) is 0 Å². The van der Waals surface area contributed by atoms with E-state index in [-0.39, 0.29) is 23.8 Å². The molecule has 7 nitrogen and oxygen atoms in total. The standard InChI is InChI=1S/C12H15FN4O3/c13-9-5-10(7-11(6-9)17(19)20)15-8-12(18)16-3-1-14-2-4-16/h5-7,14-15H,1-4,8H2. The summed E-state index contributed by atoms with van der Waals surface area (Å²) in [6, 6.07) is 3.16. The van der Waals surface area contributed by atoms with Crippen LogP contribution in [0.15, 0.2) is 18.2 Å². The highest BCUT2D eigenvalue weighted by Crippen LogP contribution is 2.19. The number of piperazine rings is 1. The minimum atomic E-state index is -0.712. The molecule has 0 aliphatic carbocycles. The predicted octanol–water partition coefficient (Wildman–Crippen LogP) is 0.578. The molecular formula is C12H15FN4O3. The second-order valence-corrected chi connectivity index (χ2v) is 4.44. The fourth-order valence-corrected chi connectivity index (χ4v) is 1.99. The van der Waals surface area contributed by atoms with E-state index in [0.717, 1.165) is 25.2 Å². The van der Waals surface area contributed by atoms with E-state index < -0.39 is 10.7 Å². The molecule has 1 amide bonds. The van der Waals surface area contributed by atoms with E-state index in [1.165, 1.54) is 6.07 Å². The first-order valence-corrected chi connectivity index (χ1v) is 6.23. The number of non-ortho nitro benzene ring substituents is 1. The quantitative estimate of drug-likeness (QED) is 0.623. The van der Waals surface area contributed by atoms with Crippen LogP contribution >= 0.6 is 0 Å². The van der Waals surface area contributed by atoms with Gasteiger partial charge in [-0.05, 0) is 6.07 Å². The highest BCUT2D eigenvalue weighted by Gasteiger charge is 2.16. The molecular weight excluding hydrogens is 267 g/mol. The number of hydrogen-bond donors (Lipinski definition) is 2. The first kappa shape index (κ1) is 14.2. The number of nitro groups is 1. The number of rotatable bonds is 4. The molecule has 2 N–H and O–H groups in total. The highest BCUT2D eigenvalue weighted by atomic mass is 19.1. The average Bonchev–Trinajstić information content (AvgIpc) is 2.45. The number of halogens is 1. The van der Waals surface area contributed by atoms with Crippen molar-refractivity contribution in [1.82, 2.24) is 10.2 Å². The molecule has 0 aromatic heterocycles. The van der Waals surface area contributed by atoms with Gasteiger partial charge in [0.1, 0.15) is 5.82 Å². The molecule has 1 aromatic rings. The number of anilines is 1.